The third-order valence-electron chi connectivity index (χ3n) is 13.3. The zero-order valence-corrected chi connectivity index (χ0v) is 34.0. The second kappa shape index (κ2) is 13.2. The molecular weight excluding hydrogens is 755 g/mol. The van der Waals surface area contributed by atoms with Gasteiger partial charge in [-0.2, -0.15) is 0 Å². The monoisotopic (exact) mass is 791 g/mol. The Morgan fingerprint density at radius 2 is 0.869 bits per heavy atom. The van der Waals surface area contributed by atoms with Gasteiger partial charge in [0, 0.05) is 42.2 Å². The summed E-state index contributed by atoms with van der Waals surface area (Å²) in [6, 6.07) is 83.5. The molecule has 61 heavy (non-hydrogen) atoms. The van der Waals surface area contributed by atoms with E-state index in [0.29, 0.717) is 0 Å². The highest BCUT2D eigenvalue weighted by Crippen LogP contribution is 2.65. The van der Waals surface area contributed by atoms with Gasteiger partial charge in [-0.05, 0) is 91.5 Å². The Balaban J connectivity index is 1.14. The van der Waals surface area contributed by atoms with E-state index in [1.54, 1.807) is 0 Å². The van der Waals surface area contributed by atoms with E-state index < -0.39 is 5.41 Å². The van der Waals surface area contributed by atoms with Gasteiger partial charge in [-0.15, -0.1) is 11.3 Å². The van der Waals surface area contributed by atoms with Crippen LogP contribution in [-0.4, -0.2) is 0 Å². The van der Waals surface area contributed by atoms with Crippen LogP contribution in [0.3, 0.4) is 0 Å². The molecule has 0 radical (unpaired) electrons. The largest absolute Gasteiger partial charge is 0.309 e. The predicted octanol–water partition coefficient (Wildman–Crippen LogP) is 16.4. The lowest BCUT2D eigenvalue weighted by Gasteiger charge is -2.32. The Labute approximate surface area is 359 Å². The van der Waals surface area contributed by atoms with E-state index in [2.05, 4.69) is 229 Å². The number of hydrogen-bond donors (Lipinski definition) is 0. The molecule has 0 bridgehead atoms. The maximum absolute atomic E-state index is 2.56. The fourth-order valence-corrected chi connectivity index (χ4v) is 12.1. The van der Waals surface area contributed by atoms with Crippen LogP contribution >= 0.6 is 11.3 Å². The van der Waals surface area contributed by atoms with Gasteiger partial charge >= 0.3 is 0 Å². The van der Waals surface area contributed by atoms with Gasteiger partial charge in [-0.25, -0.2) is 0 Å². The molecule has 13 rings (SSSR count). The molecular formula is C59H37NS. The first-order valence-electron chi connectivity index (χ1n) is 21.1. The Morgan fingerprint density at radius 1 is 0.344 bits per heavy atom. The van der Waals surface area contributed by atoms with E-state index in [1.165, 1.54) is 103 Å². The molecule has 0 amide bonds. The Bertz CT molecular complexity index is 3480. The molecule has 2 aliphatic rings. The van der Waals surface area contributed by atoms with Gasteiger partial charge in [-0.3, -0.25) is 0 Å². The van der Waals surface area contributed by atoms with Crippen LogP contribution < -0.4 is 4.90 Å². The lowest BCUT2D eigenvalue weighted by molar-refractivity contribution is 0.794. The van der Waals surface area contributed by atoms with Crippen LogP contribution in [0.2, 0.25) is 0 Å². The Hall–Kier alpha value is -7.52. The van der Waals surface area contributed by atoms with E-state index in [4.69, 9.17) is 0 Å². The minimum Gasteiger partial charge on any atom is -0.309 e. The first kappa shape index (κ1) is 34.4. The van der Waals surface area contributed by atoms with Gasteiger partial charge < -0.3 is 4.90 Å². The van der Waals surface area contributed by atoms with Crippen LogP contribution in [0.25, 0.3) is 75.5 Å². The van der Waals surface area contributed by atoms with Crippen molar-refractivity contribution in [3.63, 3.8) is 0 Å². The lowest BCUT2D eigenvalue weighted by atomic mass is 9.70. The topological polar surface area (TPSA) is 3.24 Å². The summed E-state index contributed by atoms with van der Waals surface area (Å²) in [5.74, 6) is 0. The molecule has 1 nitrogen and oxygen atoms in total. The number of hydrogen-bond acceptors (Lipinski definition) is 2. The highest BCUT2D eigenvalue weighted by atomic mass is 32.1. The number of rotatable bonds is 5. The summed E-state index contributed by atoms with van der Waals surface area (Å²) in [4.78, 5) is 2.56. The van der Waals surface area contributed by atoms with Crippen molar-refractivity contribution in [2.45, 2.75) is 5.41 Å². The molecule has 0 saturated carbocycles. The summed E-state index contributed by atoms with van der Waals surface area (Å²) in [5.41, 5.74) is 18.5. The molecule has 0 unspecified atom stereocenters. The molecule has 0 fully saturated rings. The summed E-state index contributed by atoms with van der Waals surface area (Å²) < 4.78 is 2.62. The first-order chi connectivity index (χ1) is 30.3. The van der Waals surface area contributed by atoms with Crippen LogP contribution in [0, 0.1) is 0 Å². The van der Waals surface area contributed by atoms with Gasteiger partial charge in [0.25, 0.3) is 0 Å². The fraction of sp³-hybridized carbons (Fsp3) is 0.0169. The van der Waals surface area contributed by atoms with Crippen LogP contribution in [0.15, 0.2) is 224 Å². The van der Waals surface area contributed by atoms with Crippen molar-refractivity contribution in [1.29, 1.82) is 0 Å². The summed E-state index contributed by atoms with van der Waals surface area (Å²) in [6.07, 6.45) is 0. The highest BCUT2D eigenvalue weighted by molar-refractivity contribution is 7.26. The molecule has 1 spiro atoms. The van der Waals surface area contributed by atoms with Crippen molar-refractivity contribution >= 4 is 59.3 Å². The van der Waals surface area contributed by atoms with Crippen molar-refractivity contribution < 1.29 is 0 Å². The van der Waals surface area contributed by atoms with E-state index in [0.717, 1.165) is 11.4 Å². The number of nitrogens with zero attached hydrogens (tertiary/aromatic N) is 1. The van der Waals surface area contributed by atoms with E-state index in [9.17, 15) is 0 Å². The van der Waals surface area contributed by atoms with Crippen molar-refractivity contribution in [3.05, 3.63) is 247 Å². The smallest absolute Gasteiger partial charge is 0.0726 e. The lowest BCUT2D eigenvalue weighted by Crippen LogP contribution is -2.26. The summed E-state index contributed by atoms with van der Waals surface area (Å²) in [6.45, 7) is 0. The third-order valence-corrected chi connectivity index (χ3v) is 14.5. The third kappa shape index (κ3) is 4.83. The van der Waals surface area contributed by atoms with Crippen LogP contribution in [0.5, 0.6) is 0 Å². The van der Waals surface area contributed by atoms with Crippen LogP contribution in [0.1, 0.15) is 22.3 Å². The molecule has 10 aromatic carbocycles. The van der Waals surface area contributed by atoms with Gasteiger partial charge in [0.05, 0.1) is 16.8 Å². The van der Waals surface area contributed by atoms with Crippen molar-refractivity contribution in [2.24, 2.45) is 0 Å². The number of benzene rings is 10. The van der Waals surface area contributed by atoms with Gasteiger partial charge in [0.15, 0.2) is 0 Å². The maximum atomic E-state index is 2.56. The second-order valence-electron chi connectivity index (χ2n) is 16.3. The Morgan fingerprint density at radius 3 is 1.57 bits per heavy atom. The van der Waals surface area contributed by atoms with E-state index >= 15 is 0 Å². The maximum Gasteiger partial charge on any atom is 0.0726 e. The highest BCUT2D eigenvalue weighted by Gasteiger charge is 2.52. The van der Waals surface area contributed by atoms with Gasteiger partial charge in [0.2, 0.25) is 0 Å². The minimum atomic E-state index is -0.446. The molecule has 2 aliphatic carbocycles. The first-order valence-corrected chi connectivity index (χ1v) is 21.9. The molecule has 0 N–H and O–H groups in total. The molecule has 2 heteroatoms. The second-order valence-corrected chi connectivity index (χ2v) is 17.4. The summed E-state index contributed by atoms with van der Waals surface area (Å²) >= 11 is 1.90. The normalized spacial score (nSPS) is 13.0. The molecule has 1 heterocycles. The number of fused-ring (bicyclic) bond motifs is 15. The molecule has 0 atom stereocenters. The average molecular weight is 792 g/mol. The van der Waals surface area contributed by atoms with E-state index in [1.807, 2.05) is 11.3 Å². The zero-order chi connectivity index (χ0) is 40.1. The molecule has 1 aromatic heterocycles. The van der Waals surface area contributed by atoms with E-state index in [-0.39, 0.29) is 0 Å². The molecule has 0 aliphatic heterocycles. The predicted molar refractivity (Wildman–Crippen MR) is 259 cm³/mol. The average Bonchev–Trinajstić information content (AvgIpc) is 3.97. The molecule has 11 aromatic rings. The zero-order valence-electron chi connectivity index (χ0n) is 33.2. The Kier molecular flexibility index (Phi) is 7.46. The number of thiophene rings is 1. The van der Waals surface area contributed by atoms with Gasteiger partial charge in [-0.1, -0.05) is 194 Å². The standard InChI is InChI=1S/C59H37NS/c1-3-17-38(18-4-1)39-33-35-41(36-34-39)60(54-37-48-56-42(40-19-5-2-6-20-40)26-15-32-55(56)61-58(48)46-24-8-7-23-45(46)54)53-31-16-30-52-57(53)47-25-11-14-29-51(47)59(52)49-27-12-9-21-43(49)44-22-10-13-28-50(44)59/h1-37H. The summed E-state index contributed by atoms with van der Waals surface area (Å²) in [5, 5.41) is 5.08. The van der Waals surface area contributed by atoms with Crippen molar-refractivity contribution in [2.75, 3.05) is 4.90 Å². The van der Waals surface area contributed by atoms with Crippen LogP contribution in [0.4, 0.5) is 17.1 Å². The molecule has 284 valence electrons. The van der Waals surface area contributed by atoms with Crippen molar-refractivity contribution in [3.8, 4) is 44.5 Å². The molecule has 0 saturated heterocycles. The number of anilines is 3. The quantitative estimate of drug-likeness (QED) is 0.168. The minimum absolute atomic E-state index is 0.446. The summed E-state index contributed by atoms with van der Waals surface area (Å²) in [7, 11) is 0. The van der Waals surface area contributed by atoms with Gasteiger partial charge in [0.1, 0.15) is 0 Å². The van der Waals surface area contributed by atoms with Crippen molar-refractivity contribution in [1.82, 2.24) is 0 Å². The SMILES string of the molecule is c1ccc(-c2ccc(N(c3cccc4c3-c3ccccc3C43c4ccccc4-c4ccccc43)c3cc4c(sc5cccc(-c6ccccc6)c54)c4ccccc34)cc2)cc1. The van der Waals surface area contributed by atoms with Crippen LogP contribution in [-0.2, 0) is 5.41 Å². The fourth-order valence-electron chi connectivity index (χ4n) is 10.8.